The molecule has 20 heavy (non-hydrogen) atoms. The number of quaternary nitrogens is 1. The second kappa shape index (κ2) is 6.85. The van der Waals surface area contributed by atoms with E-state index in [-0.39, 0.29) is 11.9 Å². The van der Waals surface area contributed by atoms with Gasteiger partial charge in [-0.3, -0.25) is 0 Å². The van der Waals surface area contributed by atoms with E-state index in [1.54, 1.807) is 12.1 Å². The quantitative estimate of drug-likeness (QED) is 0.832. The van der Waals surface area contributed by atoms with E-state index in [9.17, 15) is 4.39 Å². The number of hydrogen-bond donors (Lipinski definition) is 1. The first-order chi connectivity index (χ1) is 9.61. The lowest BCUT2D eigenvalue weighted by atomic mass is 10.0. The maximum Gasteiger partial charge on any atom is 0.277 e. The highest BCUT2D eigenvalue weighted by Crippen LogP contribution is 2.26. The lowest BCUT2D eigenvalue weighted by molar-refractivity contribution is -0.444. The second-order valence-electron chi connectivity index (χ2n) is 4.78. The van der Waals surface area contributed by atoms with Crippen LogP contribution in [0.2, 0.25) is 0 Å². The van der Waals surface area contributed by atoms with E-state index >= 15 is 0 Å². The number of nitrogens with zero attached hydrogens (tertiary/aromatic N) is 2. The molecular formula is C14H19FN3OS+. The minimum Gasteiger partial charge on any atom is -0.410 e. The van der Waals surface area contributed by atoms with Gasteiger partial charge in [0.05, 0.1) is 0 Å². The van der Waals surface area contributed by atoms with Crippen LogP contribution in [0.15, 0.2) is 33.9 Å². The fourth-order valence-electron chi connectivity index (χ4n) is 1.71. The molecule has 2 atom stereocenters. The van der Waals surface area contributed by atoms with Crippen LogP contribution in [0.4, 0.5) is 4.39 Å². The number of aromatic nitrogens is 2. The normalized spacial score (nSPS) is 14.2. The minimum absolute atomic E-state index is 0.00434. The van der Waals surface area contributed by atoms with Crippen LogP contribution in [-0.2, 0) is 5.75 Å². The lowest BCUT2D eigenvalue weighted by Gasteiger charge is -2.09. The summed E-state index contributed by atoms with van der Waals surface area (Å²) < 4.78 is 19.1. The number of rotatable bonds is 6. The molecule has 0 unspecified atom stereocenters. The smallest absolute Gasteiger partial charge is 0.277 e. The van der Waals surface area contributed by atoms with Crippen molar-refractivity contribution in [2.45, 2.75) is 37.3 Å². The van der Waals surface area contributed by atoms with Gasteiger partial charge in [-0.1, -0.05) is 43.8 Å². The van der Waals surface area contributed by atoms with Gasteiger partial charge in [-0.25, -0.2) is 4.39 Å². The van der Waals surface area contributed by atoms with Crippen LogP contribution >= 0.6 is 11.8 Å². The van der Waals surface area contributed by atoms with Gasteiger partial charge in [0, 0.05) is 11.7 Å². The Hall–Kier alpha value is -1.40. The molecule has 0 aliphatic carbocycles. The predicted molar refractivity (Wildman–Crippen MR) is 75.3 cm³/mol. The second-order valence-corrected chi connectivity index (χ2v) is 5.70. The molecule has 2 rings (SSSR count). The molecule has 2 aromatic rings. The van der Waals surface area contributed by atoms with Crippen molar-refractivity contribution in [3.05, 3.63) is 41.5 Å². The summed E-state index contributed by atoms with van der Waals surface area (Å²) in [4.78, 5) is 0. The van der Waals surface area contributed by atoms with Crippen molar-refractivity contribution < 1.29 is 14.5 Å². The molecule has 0 bridgehead atoms. The highest BCUT2D eigenvalue weighted by Gasteiger charge is 2.23. The summed E-state index contributed by atoms with van der Waals surface area (Å²) >= 11 is 1.34. The number of thioether (sulfide) groups is 1. The molecule has 0 saturated heterocycles. The molecule has 0 aliphatic rings. The van der Waals surface area contributed by atoms with Crippen molar-refractivity contribution in [2.24, 2.45) is 5.92 Å². The summed E-state index contributed by atoms with van der Waals surface area (Å²) in [5.41, 5.74) is 4.69. The zero-order valence-electron chi connectivity index (χ0n) is 11.7. The van der Waals surface area contributed by atoms with E-state index < -0.39 is 0 Å². The molecule has 0 fully saturated rings. The van der Waals surface area contributed by atoms with E-state index in [0.717, 1.165) is 6.42 Å². The maximum atomic E-state index is 13.5. The Kier molecular flexibility index (Phi) is 5.14. The van der Waals surface area contributed by atoms with E-state index in [2.05, 4.69) is 29.8 Å². The molecule has 0 spiro atoms. The Morgan fingerprint density at radius 2 is 2.10 bits per heavy atom. The molecule has 1 aromatic carbocycles. The summed E-state index contributed by atoms with van der Waals surface area (Å²) in [6.07, 6.45) is 1.01. The maximum absolute atomic E-state index is 13.5. The summed E-state index contributed by atoms with van der Waals surface area (Å²) in [5.74, 6) is 1.20. The Balaban J connectivity index is 1.98. The van der Waals surface area contributed by atoms with Gasteiger partial charge in [0.25, 0.3) is 11.1 Å². The first kappa shape index (κ1) is 15.0. The monoisotopic (exact) mass is 296 g/mol. The largest absolute Gasteiger partial charge is 0.410 e. The van der Waals surface area contributed by atoms with Gasteiger partial charge in [-0.15, -0.1) is 10.2 Å². The Labute approximate surface area is 122 Å². The van der Waals surface area contributed by atoms with Crippen LogP contribution in [0.5, 0.6) is 0 Å². The molecule has 1 aromatic heterocycles. The first-order valence-electron chi connectivity index (χ1n) is 6.64. The van der Waals surface area contributed by atoms with E-state index in [4.69, 9.17) is 4.42 Å². The highest BCUT2D eigenvalue weighted by atomic mass is 32.2. The Bertz CT molecular complexity index is 561. The van der Waals surface area contributed by atoms with Gasteiger partial charge >= 0.3 is 0 Å². The average molecular weight is 296 g/mol. The summed E-state index contributed by atoms with van der Waals surface area (Å²) in [7, 11) is 0. The van der Waals surface area contributed by atoms with Gasteiger partial charge < -0.3 is 10.2 Å². The number of hydrogen-bond acceptors (Lipinski definition) is 4. The van der Waals surface area contributed by atoms with Crippen molar-refractivity contribution in [1.29, 1.82) is 0 Å². The molecular weight excluding hydrogens is 277 g/mol. The molecule has 0 radical (unpaired) electrons. The lowest BCUT2D eigenvalue weighted by Crippen LogP contribution is -2.56. The van der Waals surface area contributed by atoms with Crippen LogP contribution < -0.4 is 5.73 Å². The van der Waals surface area contributed by atoms with Crippen molar-refractivity contribution in [2.75, 3.05) is 0 Å². The number of halogens is 1. The topological polar surface area (TPSA) is 66.6 Å². The highest BCUT2D eigenvalue weighted by molar-refractivity contribution is 7.98. The molecule has 0 aliphatic heterocycles. The zero-order valence-corrected chi connectivity index (χ0v) is 12.5. The third-order valence-corrected chi connectivity index (χ3v) is 4.25. The van der Waals surface area contributed by atoms with Crippen molar-refractivity contribution in [3.8, 4) is 0 Å². The van der Waals surface area contributed by atoms with E-state index in [1.807, 2.05) is 6.07 Å². The van der Waals surface area contributed by atoms with Gasteiger partial charge in [0.2, 0.25) is 0 Å². The van der Waals surface area contributed by atoms with Gasteiger partial charge in [-0.05, 0) is 18.1 Å². The molecule has 1 heterocycles. The third-order valence-electron chi connectivity index (χ3n) is 3.38. The van der Waals surface area contributed by atoms with Crippen molar-refractivity contribution in [1.82, 2.24) is 10.2 Å². The fourth-order valence-corrected chi connectivity index (χ4v) is 2.47. The van der Waals surface area contributed by atoms with Gasteiger partial charge in [-0.2, -0.15) is 0 Å². The Morgan fingerprint density at radius 1 is 1.35 bits per heavy atom. The summed E-state index contributed by atoms with van der Waals surface area (Å²) in [6.45, 7) is 4.21. The summed E-state index contributed by atoms with van der Waals surface area (Å²) in [5, 5.41) is 8.47. The van der Waals surface area contributed by atoms with E-state index in [1.165, 1.54) is 17.8 Å². The zero-order chi connectivity index (χ0) is 14.5. The average Bonchev–Trinajstić information content (AvgIpc) is 2.93. The van der Waals surface area contributed by atoms with Crippen LogP contribution in [-0.4, -0.2) is 10.2 Å². The fraction of sp³-hybridized carbons (Fsp3) is 0.429. The number of benzene rings is 1. The third kappa shape index (κ3) is 3.58. The molecule has 108 valence electrons. The molecule has 0 amide bonds. The molecule has 3 N–H and O–H groups in total. The van der Waals surface area contributed by atoms with Gasteiger partial charge in [0.15, 0.2) is 6.04 Å². The first-order valence-corrected chi connectivity index (χ1v) is 7.63. The standard InChI is InChI=1S/C14H18FN3OS/c1-3-9(2)12(16)13-17-18-14(19-13)20-8-10-6-4-5-7-11(10)15/h4-7,9,12H,3,8,16H2,1-2H3/p+1/t9-,12-/m0/s1. The van der Waals surface area contributed by atoms with Crippen LogP contribution in [0.3, 0.4) is 0 Å². The molecule has 4 nitrogen and oxygen atoms in total. The van der Waals surface area contributed by atoms with E-state index in [0.29, 0.717) is 28.3 Å². The summed E-state index contributed by atoms with van der Waals surface area (Å²) in [6, 6.07) is 6.68. The van der Waals surface area contributed by atoms with Crippen LogP contribution in [0.1, 0.15) is 37.8 Å². The minimum atomic E-state index is -0.214. The van der Waals surface area contributed by atoms with Crippen molar-refractivity contribution in [3.63, 3.8) is 0 Å². The predicted octanol–water partition coefficient (Wildman–Crippen LogP) is 2.83. The SMILES string of the molecule is CC[C@H](C)[C@H]([NH3+])c1nnc(SCc2ccccc2F)o1. The van der Waals surface area contributed by atoms with Gasteiger partial charge in [0.1, 0.15) is 5.82 Å². The van der Waals surface area contributed by atoms with Crippen molar-refractivity contribution >= 4 is 11.8 Å². The Morgan fingerprint density at radius 3 is 2.80 bits per heavy atom. The van der Waals surface area contributed by atoms with Crippen LogP contribution in [0.25, 0.3) is 0 Å². The van der Waals surface area contributed by atoms with Crippen LogP contribution in [0, 0.1) is 11.7 Å². The molecule has 6 heteroatoms. The molecule has 0 saturated carbocycles.